The summed E-state index contributed by atoms with van der Waals surface area (Å²) in [6.07, 6.45) is 2.36. The number of hydrogen-bond donors (Lipinski definition) is 1. The first kappa shape index (κ1) is 12.0. The molecule has 2 heterocycles. The molecule has 1 N–H and O–H groups in total. The summed E-state index contributed by atoms with van der Waals surface area (Å²) in [5, 5.41) is 7.17. The van der Waals surface area contributed by atoms with Gasteiger partial charge < -0.3 is 9.84 Å². The van der Waals surface area contributed by atoms with Crippen molar-refractivity contribution in [3.05, 3.63) is 11.7 Å². The molecule has 2 atom stereocenters. The third kappa shape index (κ3) is 2.39. The normalized spacial score (nSPS) is 31.7. The van der Waals surface area contributed by atoms with Crippen molar-refractivity contribution in [1.29, 1.82) is 0 Å². The average molecular weight is 257 g/mol. The Morgan fingerprint density at radius 1 is 1.28 bits per heavy atom. The van der Waals surface area contributed by atoms with E-state index in [1.807, 2.05) is 0 Å². The van der Waals surface area contributed by atoms with E-state index in [4.69, 9.17) is 4.52 Å². The zero-order valence-electron chi connectivity index (χ0n) is 10.2. The molecule has 2 fully saturated rings. The summed E-state index contributed by atoms with van der Waals surface area (Å²) in [7, 11) is 0. The Kier molecular flexibility index (Phi) is 3.05. The van der Waals surface area contributed by atoms with Crippen molar-refractivity contribution >= 4 is 0 Å². The molecule has 0 bridgehead atoms. The van der Waals surface area contributed by atoms with Crippen molar-refractivity contribution in [3.63, 3.8) is 0 Å². The van der Waals surface area contributed by atoms with Crippen molar-refractivity contribution in [2.45, 2.75) is 49.9 Å². The van der Waals surface area contributed by atoms with Crippen LogP contribution in [0.2, 0.25) is 0 Å². The van der Waals surface area contributed by atoms with Crippen molar-refractivity contribution in [2.24, 2.45) is 0 Å². The van der Waals surface area contributed by atoms with Crippen LogP contribution in [0.5, 0.6) is 0 Å². The maximum absolute atomic E-state index is 13.1. The van der Waals surface area contributed by atoms with Crippen molar-refractivity contribution in [3.8, 4) is 0 Å². The summed E-state index contributed by atoms with van der Waals surface area (Å²) in [5.41, 5.74) is 0. The van der Waals surface area contributed by atoms with Crippen LogP contribution in [0.1, 0.15) is 55.7 Å². The number of piperidine rings is 1. The highest BCUT2D eigenvalue weighted by Crippen LogP contribution is 2.43. The monoisotopic (exact) mass is 257 g/mol. The number of aromatic nitrogens is 2. The molecule has 100 valence electrons. The fourth-order valence-corrected chi connectivity index (χ4v) is 2.81. The Morgan fingerprint density at radius 3 is 2.83 bits per heavy atom. The van der Waals surface area contributed by atoms with Gasteiger partial charge in [-0.25, -0.2) is 8.78 Å². The lowest BCUT2D eigenvalue weighted by Crippen LogP contribution is -2.28. The average Bonchev–Trinajstić information content (AvgIpc) is 2.96. The second-order valence-corrected chi connectivity index (χ2v) is 5.33. The maximum atomic E-state index is 13.1. The second-order valence-electron chi connectivity index (χ2n) is 5.33. The number of rotatable bonds is 2. The Morgan fingerprint density at radius 2 is 2.17 bits per heavy atom. The topological polar surface area (TPSA) is 51.0 Å². The largest absolute Gasteiger partial charge is 0.339 e. The minimum atomic E-state index is -2.56. The van der Waals surface area contributed by atoms with Gasteiger partial charge in [-0.3, -0.25) is 0 Å². The van der Waals surface area contributed by atoms with Gasteiger partial charge in [-0.1, -0.05) is 5.16 Å². The predicted octanol–water partition coefficient (Wildman–Crippen LogP) is 2.44. The van der Waals surface area contributed by atoms with Crippen LogP contribution in [0.15, 0.2) is 4.52 Å². The van der Waals surface area contributed by atoms with Crippen LogP contribution in [0.25, 0.3) is 0 Å². The van der Waals surface area contributed by atoms with Gasteiger partial charge in [0, 0.05) is 25.3 Å². The summed E-state index contributed by atoms with van der Waals surface area (Å²) >= 11 is 0. The maximum Gasteiger partial charge on any atom is 0.248 e. The predicted molar refractivity (Wildman–Crippen MR) is 60.7 cm³/mol. The third-order valence-corrected chi connectivity index (χ3v) is 3.87. The molecule has 0 radical (unpaired) electrons. The van der Waals surface area contributed by atoms with Gasteiger partial charge in [0.1, 0.15) is 0 Å². The molecule has 1 unspecified atom stereocenters. The van der Waals surface area contributed by atoms with E-state index in [0.717, 1.165) is 25.9 Å². The minimum absolute atomic E-state index is 0.0630. The third-order valence-electron chi connectivity index (χ3n) is 3.87. The van der Waals surface area contributed by atoms with E-state index in [1.54, 1.807) is 0 Å². The van der Waals surface area contributed by atoms with Gasteiger partial charge in [0.15, 0.2) is 5.82 Å². The van der Waals surface area contributed by atoms with Crippen LogP contribution in [-0.4, -0.2) is 29.2 Å². The molecule has 1 saturated carbocycles. The number of hydrogen-bond acceptors (Lipinski definition) is 4. The molecule has 2 aliphatic rings. The van der Waals surface area contributed by atoms with Crippen molar-refractivity contribution in [1.82, 2.24) is 15.5 Å². The Labute approximate surface area is 104 Å². The fourth-order valence-electron chi connectivity index (χ4n) is 2.81. The summed E-state index contributed by atoms with van der Waals surface area (Å²) in [6.45, 7) is 1.86. The van der Waals surface area contributed by atoms with Gasteiger partial charge in [-0.15, -0.1) is 0 Å². The fraction of sp³-hybridized carbons (Fsp3) is 0.833. The molecule has 1 aliphatic carbocycles. The SMILES string of the molecule is FC1(F)CCC(c2noc([C@@H]3CCCNC3)n2)C1. The van der Waals surface area contributed by atoms with Crippen LogP contribution in [0, 0.1) is 0 Å². The van der Waals surface area contributed by atoms with Crippen LogP contribution in [-0.2, 0) is 0 Å². The second kappa shape index (κ2) is 4.57. The van der Waals surface area contributed by atoms with E-state index in [-0.39, 0.29) is 24.7 Å². The molecule has 18 heavy (non-hydrogen) atoms. The van der Waals surface area contributed by atoms with Crippen LogP contribution in [0.4, 0.5) is 8.78 Å². The van der Waals surface area contributed by atoms with Crippen molar-refractivity contribution in [2.75, 3.05) is 13.1 Å². The molecule has 0 spiro atoms. The molecular formula is C12H17F2N3O. The standard InChI is InChI=1S/C12H17F2N3O/c13-12(14)4-3-8(6-12)10-16-11(18-17-10)9-2-1-5-15-7-9/h8-9,15H,1-7H2/t8?,9-/m1/s1. The van der Waals surface area contributed by atoms with Gasteiger partial charge in [0.05, 0.1) is 5.92 Å². The lowest BCUT2D eigenvalue weighted by Gasteiger charge is -2.18. The highest BCUT2D eigenvalue weighted by Gasteiger charge is 2.42. The smallest absolute Gasteiger partial charge is 0.248 e. The number of halogens is 2. The van der Waals surface area contributed by atoms with Gasteiger partial charge in [0.2, 0.25) is 11.8 Å². The molecule has 1 aromatic rings. The number of nitrogens with one attached hydrogen (secondary N) is 1. The first-order chi connectivity index (χ1) is 8.64. The lowest BCUT2D eigenvalue weighted by molar-refractivity contribution is 0.00750. The molecular weight excluding hydrogens is 240 g/mol. The number of alkyl halides is 2. The quantitative estimate of drug-likeness (QED) is 0.884. The molecule has 0 amide bonds. The zero-order valence-corrected chi connectivity index (χ0v) is 10.2. The molecule has 3 rings (SSSR count). The van der Waals surface area contributed by atoms with E-state index in [1.165, 1.54) is 0 Å². The minimum Gasteiger partial charge on any atom is -0.339 e. The van der Waals surface area contributed by atoms with E-state index in [0.29, 0.717) is 18.1 Å². The Bertz CT molecular complexity index is 415. The molecule has 6 heteroatoms. The van der Waals surface area contributed by atoms with Crippen LogP contribution < -0.4 is 5.32 Å². The Balaban J connectivity index is 1.69. The molecule has 1 saturated heterocycles. The molecule has 1 aromatic heterocycles. The summed E-state index contributed by atoms with van der Waals surface area (Å²) < 4.78 is 31.5. The highest BCUT2D eigenvalue weighted by atomic mass is 19.3. The van der Waals surface area contributed by atoms with Gasteiger partial charge >= 0.3 is 0 Å². The van der Waals surface area contributed by atoms with E-state index in [9.17, 15) is 8.78 Å². The van der Waals surface area contributed by atoms with E-state index >= 15 is 0 Å². The molecule has 0 aromatic carbocycles. The molecule has 4 nitrogen and oxygen atoms in total. The summed E-state index contributed by atoms with van der Waals surface area (Å²) in [5.74, 6) is -1.49. The van der Waals surface area contributed by atoms with Gasteiger partial charge in [0.25, 0.3) is 0 Å². The van der Waals surface area contributed by atoms with Crippen LogP contribution >= 0.6 is 0 Å². The summed E-state index contributed by atoms with van der Waals surface area (Å²) in [6, 6.07) is 0. The van der Waals surface area contributed by atoms with Gasteiger partial charge in [-0.05, 0) is 25.8 Å². The Hall–Kier alpha value is -1.04. The first-order valence-electron chi connectivity index (χ1n) is 6.56. The molecule has 1 aliphatic heterocycles. The van der Waals surface area contributed by atoms with Crippen LogP contribution in [0.3, 0.4) is 0 Å². The highest BCUT2D eigenvalue weighted by molar-refractivity contribution is 5.04. The summed E-state index contributed by atoms with van der Waals surface area (Å²) in [4.78, 5) is 4.33. The van der Waals surface area contributed by atoms with Crippen molar-refractivity contribution < 1.29 is 13.3 Å². The zero-order chi connectivity index (χ0) is 12.6. The lowest BCUT2D eigenvalue weighted by atomic mass is 10.00. The van der Waals surface area contributed by atoms with E-state index in [2.05, 4.69) is 15.5 Å². The number of nitrogens with zero attached hydrogens (tertiary/aromatic N) is 2. The van der Waals surface area contributed by atoms with E-state index < -0.39 is 5.92 Å². The van der Waals surface area contributed by atoms with Gasteiger partial charge in [-0.2, -0.15) is 4.98 Å². The first-order valence-corrected chi connectivity index (χ1v) is 6.56.